The Labute approximate surface area is 152 Å². The number of nitrogens with zero attached hydrogens (tertiary/aromatic N) is 2. The highest BCUT2D eigenvalue weighted by atomic mass is 19.1. The summed E-state index contributed by atoms with van der Waals surface area (Å²) >= 11 is 0. The van der Waals surface area contributed by atoms with E-state index in [2.05, 4.69) is 47.4 Å². The summed E-state index contributed by atoms with van der Waals surface area (Å²) in [4.78, 5) is 16.7. The minimum Gasteiger partial charge on any atom is -0.336 e. The number of carbonyl (C=O) groups is 1. The van der Waals surface area contributed by atoms with E-state index in [1.54, 1.807) is 12.1 Å². The van der Waals surface area contributed by atoms with Crippen LogP contribution < -0.4 is 0 Å². The number of hydrogen-bond acceptors (Lipinski definition) is 2. The van der Waals surface area contributed by atoms with Crippen LogP contribution >= 0.6 is 0 Å². The monoisotopic (exact) mass is 348 g/mol. The van der Waals surface area contributed by atoms with Gasteiger partial charge < -0.3 is 4.90 Å². The van der Waals surface area contributed by atoms with Gasteiger partial charge in [-0.05, 0) is 46.7 Å². The third kappa shape index (κ3) is 3.60. The van der Waals surface area contributed by atoms with Gasteiger partial charge in [-0.15, -0.1) is 0 Å². The summed E-state index contributed by atoms with van der Waals surface area (Å²) in [5, 5.41) is 2.51. The molecule has 0 aliphatic carbocycles. The molecular weight excluding hydrogens is 327 g/mol. The maximum absolute atomic E-state index is 13.0. The first-order valence-electron chi connectivity index (χ1n) is 8.94. The molecule has 1 saturated heterocycles. The van der Waals surface area contributed by atoms with Crippen molar-refractivity contribution in [2.75, 3.05) is 26.2 Å². The van der Waals surface area contributed by atoms with E-state index in [0.717, 1.165) is 19.6 Å². The first-order valence-corrected chi connectivity index (χ1v) is 8.94. The van der Waals surface area contributed by atoms with Crippen LogP contribution in [0.4, 0.5) is 4.39 Å². The molecule has 0 saturated carbocycles. The third-order valence-corrected chi connectivity index (χ3v) is 4.97. The average Bonchev–Trinajstić information content (AvgIpc) is 2.68. The fraction of sp³-hybridized carbons (Fsp3) is 0.227. The third-order valence-electron chi connectivity index (χ3n) is 4.97. The van der Waals surface area contributed by atoms with E-state index < -0.39 is 0 Å². The standard InChI is InChI=1S/C22H21FN2O/c23-21-9-7-19(8-10-21)22(26)25-13-11-24(12-14-25)16-17-5-6-18-3-1-2-4-20(18)15-17/h1-10,15H,11-14,16H2. The quantitative estimate of drug-likeness (QED) is 0.716. The summed E-state index contributed by atoms with van der Waals surface area (Å²) in [6.45, 7) is 3.98. The van der Waals surface area contributed by atoms with Gasteiger partial charge in [0.15, 0.2) is 0 Å². The maximum Gasteiger partial charge on any atom is 0.253 e. The number of benzene rings is 3. The molecule has 1 fully saturated rings. The van der Waals surface area contributed by atoms with Crippen LogP contribution in [0.1, 0.15) is 15.9 Å². The number of piperazine rings is 1. The van der Waals surface area contributed by atoms with Crippen LogP contribution in [0.5, 0.6) is 0 Å². The molecule has 1 aliphatic rings. The normalized spacial score (nSPS) is 15.3. The van der Waals surface area contributed by atoms with Gasteiger partial charge >= 0.3 is 0 Å². The van der Waals surface area contributed by atoms with Crippen molar-refractivity contribution in [3.05, 3.63) is 83.7 Å². The molecule has 4 heteroatoms. The summed E-state index contributed by atoms with van der Waals surface area (Å²) in [5.74, 6) is -0.336. The van der Waals surface area contributed by atoms with E-state index in [-0.39, 0.29) is 11.7 Å². The molecule has 3 aromatic carbocycles. The summed E-state index contributed by atoms with van der Waals surface area (Å²) < 4.78 is 13.0. The fourth-order valence-corrected chi connectivity index (χ4v) is 3.48. The smallest absolute Gasteiger partial charge is 0.253 e. The van der Waals surface area contributed by atoms with Crippen LogP contribution in [0.2, 0.25) is 0 Å². The number of halogens is 1. The molecule has 4 rings (SSSR count). The van der Waals surface area contributed by atoms with E-state index in [1.165, 1.54) is 28.5 Å². The van der Waals surface area contributed by atoms with E-state index in [1.807, 2.05) is 4.90 Å². The molecule has 1 aliphatic heterocycles. The Morgan fingerprint density at radius 2 is 1.54 bits per heavy atom. The van der Waals surface area contributed by atoms with Crippen molar-refractivity contribution in [1.29, 1.82) is 0 Å². The molecule has 132 valence electrons. The SMILES string of the molecule is O=C(c1ccc(F)cc1)N1CCN(Cc2ccc3ccccc3c2)CC1. The predicted molar refractivity (Wildman–Crippen MR) is 102 cm³/mol. The van der Waals surface area contributed by atoms with Gasteiger partial charge in [-0.25, -0.2) is 4.39 Å². The van der Waals surface area contributed by atoms with Crippen LogP contribution in [-0.4, -0.2) is 41.9 Å². The van der Waals surface area contributed by atoms with Crippen LogP contribution in [0, 0.1) is 5.82 Å². The van der Waals surface area contributed by atoms with Crippen molar-refractivity contribution in [2.24, 2.45) is 0 Å². The minimum absolute atomic E-state index is 0.0182. The van der Waals surface area contributed by atoms with Crippen LogP contribution in [-0.2, 0) is 6.54 Å². The molecule has 0 N–H and O–H groups in total. The van der Waals surface area contributed by atoms with Crippen LogP contribution in [0.25, 0.3) is 10.8 Å². The zero-order valence-corrected chi connectivity index (χ0v) is 14.6. The summed E-state index contributed by atoms with van der Waals surface area (Å²) in [5.41, 5.74) is 1.84. The molecule has 0 aromatic heterocycles. The van der Waals surface area contributed by atoms with Gasteiger partial charge in [0.1, 0.15) is 5.82 Å². The van der Waals surface area contributed by atoms with Gasteiger partial charge in [0.2, 0.25) is 0 Å². The Hall–Kier alpha value is -2.72. The van der Waals surface area contributed by atoms with Gasteiger partial charge in [0.25, 0.3) is 5.91 Å². The molecule has 3 nitrogen and oxygen atoms in total. The van der Waals surface area contributed by atoms with Gasteiger partial charge in [-0.1, -0.05) is 36.4 Å². The van der Waals surface area contributed by atoms with Gasteiger partial charge in [0, 0.05) is 38.3 Å². The number of fused-ring (bicyclic) bond motifs is 1. The molecule has 1 amide bonds. The average molecular weight is 348 g/mol. The summed E-state index contributed by atoms with van der Waals surface area (Å²) in [6.07, 6.45) is 0. The van der Waals surface area contributed by atoms with Crippen molar-refractivity contribution in [3.8, 4) is 0 Å². The highest BCUT2D eigenvalue weighted by Gasteiger charge is 2.22. The molecule has 0 atom stereocenters. The van der Waals surface area contributed by atoms with Gasteiger partial charge in [-0.2, -0.15) is 0 Å². The fourth-order valence-electron chi connectivity index (χ4n) is 3.48. The zero-order chi connectivity index (χ0) is 17.9. The van der Waals surface area contributed by atoms with Gasteiger partial charge in [-0.3, -0.25) is 9.69 Å². The van der Waals surface area contributed by atoms with Crippen molar-refractivity contribution in [2.45, 2.75) is 6.54 Å². The van der Waals surface area contributed by atoms with Crippen molar-refractivity contribution in [3.63, 3.8) is 0 Å². The van der Waals surface area contributed by atoms with Crippen molar-refractivity contribution >= 4 is 16.7 Å². The molecule has 0 radical (unpaired) electrons. The number of amides is 1. The van der Waals surface area contributed by atoms with Crippen molar-refractivity contribution in [1.82, 2.24) is 9.80 Å². The second-order valence-electron chi connectivity index (χ2n) is 6.76. The molecule has 1 heterocycles. The van der Waals surface area contributed by atoms with Crippen LogP contribution in [0.3, 0.4) is 0 Å². The molecule has 0 bridgehead atoms. The number of hydrogen-bond donors (Lipinski definition) is 0. The topological polar surface area (TPSA) is 23.6 Å². The molecular formula is C22H21FN2O. The first-order chi connectivity index (χ1) is 12.7. The second-order valence-corrected chi connectivity index (χ2v) is 6.76. The molecule has 26 heavy (non-hydrogen) atoms. The largest absolute Gasteiger partial charge is 0.336 e. The highest BCUT2D eigenvalue weighted by Crippen LogP contribution is 2.18. The van der Waals surface area contributed by atoms with Gasteiger partial charge in [0.05, 0.1) is 0 Å². The van der Waals surface area contributed by atoms with Crippen molar-refractivity contribution < 1.29 is 9.18 Å². The summed E-state index contributed by atoms with van der Waals surface area (Å²) in [6, 6.07) is 20.7. The molecule has 3 aromatic rings. The van der Waals surface area contributed by atoms with E-state index in [4.69, 9.17) is 0 Å². The number of carbonyl (C=O) groups excluding carboxylic acids is 1. The Morgan fingerprint density at radius 1 is 0.846 bits per heavy atom. The summed E-state index contributed by atoms with van der Waals surface area (Å²) in [7, 11) is 0. The Balaban J connectivity index is 1.37. The Kier molecular flexibility index (Phi) is 4.67. The lowest BCUT2D eigenvalue weighted by Crippen LogP contribution is -2.48. The van der Waals surface area contributed by atoms with Crippen LogP contribution in [0.15, 0.2) is 66.7 Å². The lowest BCUT2D eigenvalue weighted by atomic mass is 10.1. The second kappa shape index (κ2) is 7.26. The molecule has 0 spiro atoms. The Bertz CT molecular complexity index is 915. The lowest BCUT2D eigenvalue weighted by Gasteiger charge is -2.34. The number of rotatable bonds is 3. The minimum atomic E-state index is -0.318. The zero-order valence-electron chi connectivity index (χ0n) is 14.6. The Morgan fingerprint density at radius 3 is 2.27 bits per heavy atom. The predicted octanol–water partition coefficient (Wildman–Crippen LogP) is 3.94. The lowest BCUT2D eigenvalue weighted by molar-refractivity contribution is 0.0628. The maximum atomic E-state index is 13.0. The highest BCUT2D eigenvalue weighted by molar-refractivity contribution is 5.94. The molecule has 0 unspecified atom stereocenters. The van der Waals surface area contributed by atoms with E-state index >= 15 is 0 Å². The van der Waals surface area contributed by atoms with E-state index in [9.17, 15) is 9.18 Å². The van der Waals surface area contributed by atoms with E-state index in [0.29, 0.717) is 18.7 Å². The first kappa shape index (κ1) is 16.7.